The van der Waals surface area contributed by atoms with Crippen LogP contribution in [0.1, 0.15) is 64.7 Å². The topological polar surface area (TPSA) is 78.9 Å². The van der Waals surface area contributed by atoms with Gasteiger partial charge in [0.15, 0.2) is 11.2 Å². The Morgan fingerprint density at radius 1 is 0.962 bits per heavy atom. The van der Waals surface area contributed by atoms with Crippen molar-refractivity contribution >= 4 is 16.9 Å². The van der Waals surface area contributed by atoms with Gasteiger partial charge in [0.25, 0.3) is 5.56 Å². The first kappa shape index (κ1) is 20.1. The number of nitrogens with zero attached hydrogens (tertiary/aromatic N) is 4. The molecule has 26 heavy (non-hydrogen) atoms. The molecule has 0 spiro atoms. The number of fused-ring (bicyclic) bond motifs is 1. The molecule has 2 aromatic rings. The van der Waals surface area contributed by atoms with Crippen molar-refractivity contribution in [2.24, 2.45) is 14.1 Å². The first-order valence-electron chi connectivity index (χ1n) is 9.53. The molecule has 7 heteroatoms. The quantitative estimate of drug-likeness (QED) is 0.576. The van der Waals surface area contributed by atoms with E-state index in [4.69, 9.17) is 0 Å². The lowest BCUT2D eigenvalue weighted by Gasteiger charge is -2.08. The number of unbranched alkanes of at least 4 members (excludes halogenated alkanes) is 7. The summed E-state index contributed by atoms with van der Waals surface area (Å²) in [5.41, 5.74) is 0.349. The summed E-state index contributed by atoms with van der Waals surface area (Å²) in [7, 11) is 3.42. The molecule has 0 aliphatic carbocycles. The van der Waals surface area contributed by atoms with Crippen LogP contribution < -0.4 is 11.2 Å². The molecule has 2 aromatic heterocycles. The second-order valence-electron chi connectivity index (χ2n) is 7.11. The number of rotatable bonds is 11. The molecule has 0 aliphatic heterocycles. The molecule has 0 fully saturated rings. The lowest BCUT2D eigenvalue weighted by Crippen LogP contribution is -2.39. The van der Waals surface area contributed by atoms with E-state index >= 15 is 0 Å². The molecular formula is C19H30N4O3. The van der Waals surface area contributed by atoms with E-state index in [-0.39, 0.29) is 17.0 Å². The number of ketones is 1. The van der Waals surface area contributed by atoms with Crippen molar-refractivity contribution in [3.05, 3.63) is 27.2 Å². The Labute approximate surface area is 153 Å². The SMILES string of the molecule is CC(=O)CCCCCCCCCCn1c(=O)c2c(ncn2C)n(C)c1=O. The van der Waals surface area contributed by atoms with Crippen LogP contribution in [0.3, 0.4) is 0 Å². The molecule has 0 saturated carbocycles. The normalized spacial score (nSPS) is 11.3. The van der Waals surface area contributed by atoms with Crippen molar-refractivity contribution in [3.8, 4) is 0 Å². The summed E-state index contributed by atoms with van der Waals surface area (Å²) in [5.74, 6) is 0.274. The Kier molecular flexibility index (Phi) is 7.36. The molecule has 0 unspecified atom stereocenters. The van der Waals surface area contributed by atoms with Crippen LogP contribution in [0.4, 0.5) is 0 Å². The van der Waals surface area contributed by atoms with Crippen LogP contribution in [0, 0.1) is 0 Å². The highest BCUT2D eigenvalue weighted by molar-refractivity contribution is 5.75. The van der Waals surface area contributed by atoms with Gasteiger partial charge >= 0.3 is 5.69 Å². The second kappa shape index (κ2) is 9.50. The van der Waals surface area contributed by atoms with Crippen LogP contribution in [0.2, 0.25) is 0 Å². The molecule has 7 nitrogen and oxygen atoms in total. The highest BCUT2D eigenvalue weighted by Gasteiger charge is 2.14. The fraction of sp³-hybridized carbons (Fsp3) is 0.684. The van der Waals surface area contributed by atoms with Gasteiger partial charge in [-0.2, -0.15) is 0 Å². The van der Waals surface area contributed by atoms with Crippen molar-refractivity contribution < 1.29 is 4.79 Å². The van der Waals surface area contributed by atoms with Crippen molar-refractivity contribution in [1.82, 2.24) is 18.7 Å². The highest BCUT2D eigenvalue weighted by Crippen LogP contribution is 2.10. The minimum Gasteiger partial charge on any atom is -0.328 e. The maximum atomic E-state index is 12.6. The summed E-state index contributed by atoms with van der Waals surface area (Å²) in [4.78, 5) is 39.9. The number of aryl methyl sites for hydroxylation is 2. The molecule has 2 rings (SSSR count). The Morgan fingerprint density at radius 3 is 2.15 bits per heavy atom. The van der Waals surface area contributed by atoms with Crippen LogP contribution in [0.5, 0.6) is 0 Å². The van der Waals surface area contributed by atoms with Crippen LogP contribution in [-0.2, 0) is 25.4 Å². The zero-order valence-electron chi connectivity index (χ0n) is 16.2. The summed E-state index contributed by atoms with van der Waals surface area (Å²) in [6.07, 6.45) is 10.8. The standard InChI is InChI=1S/C19H30N4O3/c1-15(24)12-10-8-6-4-5-7-9-11-13-23-18(25)16-17(20-14-21(16)2)22(3)19(23)26/h14H,4-13H2,1-3H3. The Bertz CT molecular complexity index is 860. The third kappa shape index (κ3) is 4.93. The molecular weight excluding hydrogens is 332 g/mol. The number of aromatic nitrogens is 4. The third-order valence-corrected chi connectivity index (χ3v) is 4.86. The molecule has 144 valence electrons. The largest absolute Gasteiger partial charge is 0.332 e. The van der Waals surface area contributed by atoms with E-state index in [1.54, 1.807) is 31.9 Å². The van der Waals surface area contributed by atoms with Crippen LogP contribution in [0.15, 0.2) is 15.9 Å². The number of hydrogen-bond donors (Lipinski definition) is 0. The first-order chi connectivity index (χ1) is 12.4. The predicted octanol–water partition coefficient (Wildman–Crippen LogP) is 2.53. The summed E-state index contributed by atoms with van der Waals surface area (Å²) in [6, 6.07) is 0. The summed E-state index contributed by atoms with van der Waals surface area (Å²) < 4.78 is 4.43. The van der Waals surface area contributed by atoms with Crippen molar-refractivity contribution in [3.63, 3.8) is 0 Å². The maximum absolute atomic E-state index is 12.6. The molecule has 2 heterocycles. The number of Topliss-reactive ketones (excluding diaryl/α,β-unsaturated/α-hetero) is 1. The van der Waals surface area contributed by atoms with Crippen LogP contribution in [-0.4, -0.2) is 24.5 Å². The lowest BCUT2D eigenvalue weighted by molar-refractivity contribution is -0.117. The van der Waals surface area contributed by atoms with Gasteiger partial charge < -0.3 is 9.36 Å². The van der Waals surface area contributed by atoms with Crippen molar-refractivity contribution in [2.45, 2.75) is 71.3 Å². The zero-order chi connectivity index (χ0) is 19.1. The molecule has 0 bridgehead atoms. The highest BCUT2D eigenvalue weighted by atomic mass is 16.2. The predicted molar refractivity (Wildman–Crippen MR) is 102 cm³/mol. The summed E-state index contributed by atoms with van der Waals surface area (Å²) in [5, 5.41) is 0. The zero-order valence-corrected chi connectivity index (χ0v) is 16.2. The van der Waals surface area contributed by atoms with E-state index < -0.39 is 0 Å². The van der Waals surface area contributed by atoms with Crippen LogP contribution in [0.25, 0.3) is 11.2 Å². The van der Waals surface area contributed by atoms with Gasteiger partial charge in [-0.15, -0.1) is 0 Å². The first-order valence-corrected chi connectivity index (χ1v) is 9.53. The van der Waals surface area contributed by atoms with Gasteiger partial charge in [0.1, 0.15) is 5.78 Å². The molecule has 0 aromatic carbocycles. The molecule has 0 amide bonds. The van der Waals surface area contributed by atoms with E-state index in [2.05, 4.69) is 4.98 Å². The monoisotopic (exact) mass is 362 g/mol. The maximum Gasteiger partial charge on any atom is 0.332 e. The number of imidazole rings is 1. The van der Waals surface area contributed by atoms with E-state index in [1.807, 2.05) is 0 Å². The van der Waals surface area contributed by atoms with Gasteiger partial charge in [0, 0.05) is 27.1 Å². The minimum atomic E-state index is -0.299. The average molecular weight is 362 g/mol. The minimum absolute atomic E-state index is 0.256. The fourth-order valence-electron chi connectivity index (χ4n) is 3.30. The Balaban J connectivity index is 1.77. The lowest BCUT2D eigenvalue weighted by atomic mass is 10.1. The summed E-state index contributed by atoms with van der Waals surface area (Å²) >= 11 is 0. The van der Waals surface area contributed by atoms with Gasteiger partial charge in [0.05, 0.1) is 6.33 Å². The summed E-state index contributed by atoms with van der Waals surface area (Å²) in [6.45, 7) is 2.09. The van der Waals surface area contributed by atoms with Gasteiger partial charge in [-0.1, -0.05) is 38.5 Å². The smallest absolute Gasteiger partial charge is 0.328 e. The number of hydrogen-bond acceptors (Lipinski definition) is 4. The molecule has 0 radical (unpaired) electrons. The van der Waals surface area contributed by atoms with Crippen molar-refractivity contribution in [1.29, 1.82) is 0 Å². The van der Waals surface area contributed by atoms with Gasteiger partial charge in [-0.25, -0.2) is 9.78 Å². The van der Waals surface area contributed by atoms with Gasteiger partial charge in [0.2, 0.25) is 0 Å². The second-order valence-corrected chi connectivity index (χ2v) is 7.11. The molecule has 0 N–H and O–H groups in total. The van der Waals surface area contributed by atoms with E-state index in [0.29, 0.717) is 24.1 Å². The fourth-order valence-corrected chi connectivity index (χ4v) is 3.30. The van der Waals surface area contributed by atoms with E-state index in [0.717, 1.165) is 38.5 Å². The van der Waals surface area contributed by atoms with Crippen molar-refractivity contribution in [2.75, 3.05) is 0 Å². The number of carbonyl (C=O) groups is 1. The third-order valence-electron chi connectivity index (χ3n) is 4.86. The van der Waals surface area contributed by atoms with E-state index in [9.17, 15) is 14.4 Å². The Hall–Kier alpha value is -2.18. The molecule has 0 atom stereocenters. The van der Waals surface area contributed by atoms with Gasteiger partial charge in [-0.3, -0.25) is 13.9 Å². The van der Waals surface area contributed by atoms with Gasteiger partial charge in [-0.05, 0) is 19.8 Å². The number of carbonyl (C=O) groups excluding carboxylic acids is 1. The molecule has 0 aliphatic rings. The average Bonchev–Trinajstić information content (AvgIpc) is 2.99. The van der Waals surface area contributed by atoms with E-state index in [1.165, 1.54) is 22.0 Å². The molecule has 0 saturated heterocycles. The van der Waals surface area contributed by atoms with Crippen LogP contribution >= 0.6 is 0 Å². The Morgan fingerprint density at radius 2 is 1.54 bits per heavy atom.